The van der Waals surface area contributed by atoms with Gasteiger partial charge in [0.05, 0.1) is 6.61 Å². The normalized spacial score (nSPS) is 11.9. The molecule has 0 aliphatic heterocycles. The van der Waals surface area contributed by atoms with E-state index < -0.39 is 12.0 Å². The lowest BCUT2D eigenvalue weighted by Crippen LogP contribution is -2.44. The van der Waals surface area contributed by atoms with Crippen LogP contribution in [0.5, 0.6) is 5.75 Å². The molecule has 0 fully saturated rings. The number of carbonyl (C=O) groups is 1. The summed E-state index contributed by atoms with van der Waals surface area (Å²) < 4.78 is 10.5. The smallest absolute Gasteiger partial charge is 0.277 e. The summed E-state index contributed by atoms with van der Waals surface area (Å²) in [5.74, 6) is 5.37. The van der Waals surface area contributed by atoms with Crippen LogP contribution >= 0.6 is 0 Å². The van der Waals surface area contributed by atoms with E-state index >= 15 is 0 Å². The predicted molar refractivity (Wildman–Crippen MR) is 64.4 cm³/mol. The highest BCUT2D eigenvalue weighted by molar-refractivity contribution is 5.80. The molecular weight excluding hydrogens is 220 g/mol. The first kappa shape index (κ1) is 13.5. The van der Waals surface area contributed by atoms with Gasteiger partial charge in [-0.1, -0.05) is 25.1 Å². The summed E-state index contributed by atoms with van der Waals surface area (Å²) >= 11 is 0. The molecule has 0 spiro atoms. The van der Waals surface area contributed by atoms with Gasteiger partial charge in [0.15, 0.2) is 0 Å². The van der Waals surface area contributed by atoms with Crippen molar-refractivity contribution < 1.29 is 14.3 Å². The van der Waals surface area contributed by atoms with Gasteiger partial charge < -0.3 is 9.47 Å². The van der Waals surface area contributed by atoms with Crippen molar-refractivity contribution in [1.82, 2.24) is 5.43 Å². The third kappa shape index (κ3) is 3.72. The van der Waals surface area contributed by atoms with E-state index in [1.165, 1.54) is 7.11 Å². The number of aryl methyl sites for hydroxylation is 1. The highest BCUT2D eigenvalue weighted by Crippen LogP contribution is 2.19. The van der Waals surface area contributed by atoms with Crippen molar-refractivity contribution in [3.63, 3.8) is 0 Å². The molecule has 1 amide bonds. The topological polar surface area (TPSA) is 73.6 Å². The SMILES string of the molecule is CCc1ccccc1OC(COC)C(=O)NN. The summed E-state index contributed by atoms with van der Waals surface area (Å²) in [7, 11) is 1.51. The van der Waals surface area contributed by atoms with E-state index in [2.05, 4.69) is 5.43 Å². The summed E-state index contributed by atoms with van der Waals surface area (Å²) in [4.78, 5) is 11.5. The molecule has 0 aromatic heterocycles. The Labute approximate surface area is 101 Å². The van der Waals surface area contributed by atoms with E-state index in [-0.39, 0.29) is 6.61 Å². The number of benzene rings is 1. The lowest BCUT2D eigenvalue weighted by atomic mass is 10.1. The Morgan fingerprint density at radius 2 is 2.18 bits per heavy atom. The molecule has 1 unspecified atom stereocenters. The molecule has 0 bridgehead atoms. The van der Waals surface area contributed by atoms with Gasteiger partial charge in [-0.15, -0.1) is 0 Å². The molecule has 0 aliphatic rings. The van der Waals surface area contributed by atoms with E-state index in [1.54, 1.807) is 0 Å². The molecule has 17 heavy (non-hydrogen) atoms. The second kappa shape index (κ2) is 6.88. The number of hydrazine groups is 1. The van der Waals surface area contributed by atoms with Gasteiger partial charge in [-0.25, -0.2) is 5.84 Å². The third-order valence-electron chi connectivity index (χ3n) is 2.38. The standard InChI is InChI=1S/C12H18N2O3/c1-3-9-6-4-5-7-10(9)17-11(8-16-2)12(15)14-13/h4-7,11H,3,8,13H2,1-2H3,(H,14,15). The van der Waals surface area contributed by atoms with Gasteiger partial charge in [-0.3, -0.25) is 10.2 Å². The first-order valence-electron chi connectivity index (χ1n) is 5.46. The molecule has 94 valence electrons. The van der Waals surface area contributed by atoms with Crippen molar-refractivity contribution in [3.05, 3.63) is 29.8 Å². The van der Waals surface area contributed by atoms with Crippen LogP contribution in [-0.2, 0) is 16.0 Å². The number of carbonyl (C=O) groups excluding carboxylic acids is 1. The molecule has 0 saturated carbocycles. The van der Waals surface area contributed by atoms with Crippen molar-refractivity contribution in [2.45, 2.75) is 19.4 Å². The van der Waals surface area contributed by atoms with Crippen LogP contribution in [0.25, 0.3) is 0 Å². The minimum Gasteiger partial charge on any atom is -0.478 e. The number of nitrogens with two attached hydrogens (primary N) is 1. The maximum Gasteiger partial charge on any atom is 0.277 e. The zero-order chi connectivity index (χ0) is 12.7. The molecule has 0 radical (unpaired) electrons. The monoisotopic (exact) mass is 238 g/mol. The van der Waals surface area contributed by atoms with Gasteiger partial charge >= 0.3 is 0 Å². The molecule has 1 aromatic rings. The van der Waals surface area contributed by atoms with Crippen LogP contribution in [0.2, 0.25) is 0 Å². The molecule has 5 heteroatoms. The molecular formula is C12H18N2O3. The number of para-hydroxylation sites is 1. The molecule has 0 heterocycles. The van der Waals surface area contributed by atoms with Crippen molar-refractivity contribution >= 4 is 5.91 Å². The number of rotatable bonds is 6. The Bertz CT molecular complexity index is 369. The van der Waals surface area contributed by atoms with E-state index in [4.69, 9.17) is 15.3 Å². The quantitative estimate of drug-likeness (QED) is 0.433. The predicted octanol–water partition coefficient (Wildman–Crippen LogP) is 0.633. The van der Waals surface area contributed by atoms with Crippen molar-refractivity contribution in [3.8, 4) is 5.75 Å². The zero-order valence-corrected chi connectivity index (χ0v) is 10.1. The average Bonchev–Trinajstić information content (AvgIpc) is 2.38. The number of methoxy groups -OCH3 is 1. The van der Waals surface area contributed by atoms with Gasteiger partial charge in [-0.2, -0.15) is 0 Å². The fourth-order valence-electron chi connectivity index (χ4n) is 1.47. The Balaban J connectivity index is 2.81. The molecule has 0 saturated heterocycles. The third-order valence-corrected chi connectivity index (χ3v) is 2.38. The molecule has 3 N–H and O–H groups in total. The summed E-state index contributed by atoms with van der Waals surface area (Å²) in [5, 5.41) is 0. The Morgan fingerprint density at radius 3 is 2.76 bits per heavy atom. The second-order valence-electron chi connectivity index (χ2n) is 3.53. The average molecular weight is 238 g/mol. The minimum absolute atomic E-state index is 0.154. The van der Waals surface area contributed by atoms with Crippen LogP contribution in [0.3, 0.4) is 0 Å². The minimum atomic E-state index is -0.738. The summed E-state index contributed by atoms with van der Waals surface area (Å²) in [6, 6.07) is 7.57. The van der Waals surface area contributed by atoms with Gasteiger partial charge in [0.25, 0.3) is 5.91 Å². The lowest BCUT2D eigenvalue weighted by molar-refractivity contribution is -0.130. The second-order valence-corrected chi connectivity index (χ2v) is 3.53. The van der Waals surface area contributed by atoms with Crippen molar-refractivity contribution in [1.29, 1.82) is 0 Å². The largest absolute Gasteiger partial charge is 0.478 e. The summed E-state index contributed by atoms with van der Waals surface area (Å²) in [6.45, 7) is 2.18. The van der Waals surface area contributed by atoms with Crippen LogP contribution in [0.15, 0.2) is 24.3 Å². The fraction of sp³-hybridized carbons (Fsp3) is 0.417. The first-order valence-corrected chi connectivity index (χ1v) is 5.46. The lowest BCUT2D eigenvalue weighted by Gasteiger charge is -2.18. The van der Waals surface area contributed by atoms with Crippen LogP contribution in [0.1, 0.15) is 12.5 Å². The zero-order valence-electron chi connectivity index (χ0n) is 10.1. The van der Waals surface area contributed by atoms with Crippen LogP contribution in [0, 0.1) is 0 Å². The van der Waals surface area contributed by atoms with E-state index in [1.807, 2.05) is 31.2 Å². The summed E-state index contributed by atoms with van der Waals surface area (Å²) in [5.41, 5.74) is 3.10. The molecule has 0 aliphatic carbocycles. The molecule has 1 atom stereocenters. The fourth-order valence-corrected chi connectivity index (χ4v) is 1.47. The first-order chi connectivity index (χ1) is 8.22. The molecule has 5 nitrogen and oxygen atoms in total. The van der Waals surface area contributed by atoms with Gasteiger partial charge in [0, 0.05) is 7.11 Å². The molecule has 1 rings (SSSR count). The number of nitrogens with one attached hydrogen (secondary N) is 1. The van der Waals surface area contributed by atoms with Gasteiger partial charge in [0.2, 0.25) is 6.10 Å². The Kier molecular flexibility index (Phi) is 5.45. The number of amides is 1. The molecule has 1 aromatic carbocycles. The summed E-state index contributed by atoms with van der Waals surface area (Å²) in [6.07, 6.45) is 0.0952. The number of hydrogen-bond acceptors (Lipinski definition) is 4. The number of ether oxygens (including phenoxy) is 2. The van der Waals surface area contributed by atoms with E-state index in [9.17, 15) is 4.79 Å². The maximum atomic E-state index is 11.5. The van der Waals surface area contributed by atoms with Crippen LogP contribution < -0.4 is 16.0 Å². The van der Waals surface area contributed by atoms with Crippen LogP contribution in [0.4, 0.5) is 0 Å². The van der Waals surface area contributed by atoms with Crippen molar-refractivity contribution in [2.75, 3.05) is 13.7 Å². The number of hydrogen-bond donors (Lipinski definition) is 2. The Hall–Kier alpha value is -1.59. The van der Waals surface area contributed by atoms with E-state index in [0.29, 0.717) is 5.75 Å². The highest BCUT2D eigenvalue weighted by Gasteiger charge is 2.20. The maximum absolute atomic E-state index is 11.5. The van der Waals surface area contributed by atoms with Gasteiger partial charge in [0.1, 0.15) is 5.75 Å². The van der Waals surface area contributed by atoms with Crippen molar-refractivity contribution in [2.24, 2.45) is 5.84 Å². The van der Waals surface area contributed by atoms with Crippen LogP contribution in [-0.4, -0.2) is 25.7 Å². The highest BCUT2D eigenvalue weighted by atomic mass is 16.5. The van der Waals surface area contributed by atoms with Gasteiger partial charge in [-0.05, 0) is 18.1 Å². The Morgan fingerprint density at radius 1 is 1.47 bits per heavy atom. The van der Waals surface area contributed by atoms with E-state index in [0.717, 1.165) is 12.0 Å².